The molecule has 1 aliphatic heterocycles. The molecule has 144 valence electrons. The van der Waals surface area contributed by atoms with Gasteiger partial charge in [-0.15, -0.1) is 0 Å². The lowest BCUT2D eigenvalue weighted by Gasteiger charge is -2.40. The van der Waals surface area contributed by atoms with Crippen molar-refractivity contribution in [3.8, 4) is 0 Å². The molecule has 2 heterocycles. The average molecular weight is 450 g/mol. The van der Waals surface area contributed by atoms with Crippen molar-refractivity contribution >= 4 is 50.5 Å². The molecule has 0 fully saturated rings. The molecule has 0 radical (unpaired) electrons. The van der Waals surface area contributed by atoms with Gasteiger partial charge in [0.05, 0.1) is 11.4 Å². The van der Waals surface area contributed by atoms with E-state index in [4.69, 9.17) is 0 Å². The minimum absolute atomic E-state index is 0.115. The summed E-state index contributed by atoms with van der Waals surface area (Å²) in [6, 6.07) is 6.45. The Bertz CT molecular complexity index is 935. The van der Waals surface area contributed by atoms with E-state index in [9.17, 15) is 9.35 Å². The largest absolute Gasteiger partial charge is 0.343 e. The van der Waals surface area contributed by atoms with Crippen molar-refractivity contribution in [1.82, 2.24) is 13.8 Å². The number of hydrogen-bond acceptors (Lipinski definition) is 4. The number of amides is 1. The van der Waals surface area contributed by atoms with Crippen LogP contribution < -0.4 is 0 Å². The molecule has 2 aliphatic rings. The van der Waals surface area contributed by atoms with E-state index in [1.807, 2.05) is 34.9 Å². The summed E-state index contributed by atoms with van der Waals surface area (Å²) in [6.07, 6.45) is 3.07. The van der Waals surface area contributed by atoms with Crippen LogP contribution in [0.15, 0.2) is 28.9 Å². The van der Waals surface area contributed by atoms with E-state index >= 15 is 0 Å². The maximum atomic E-state index is 13.0. The summed E-state index contributed by atoms with van der Waals surface area (Å²) in [5.74, 6) is 0.0936. The second-order valence-corrected chi connectivity index (χ2v) is 8.52. The zero-order valence-electron chi connectivity index (χ0n) is 15.8. The number of aromatic nitrogens is 1. The lowest BCUT2D eigenvalue weighted by atomic mass is 9.79. The summed E-state index contributed by atoms with van der Waals surface area (Å²) in [7, 11) is 2.11. The minimum atomic E-state index is -0.115. The monoisotopic (exact) mass is 449 g/mol. The molecule has 1 aliphatic carbocycles. The number of benzene rings is 1. The van der Waals surface area contributed by atoms with Crippen molar-refractivity contribution in [1.29, 1.82) is 0 Å². The van der Waals surface area contributed by atoms with E-state index in [2.05, 4.69) is 40.0 Å². The Labute approximate surface area is 172 Å². The van der Waals surface area contributed by atoms with Crippen molar-refractivity contribution < 1.29 is 9.35 Å². The van der Waals surface area contributed by atoms with Gasteiger partial charge in [0.15, 0.2) is 0 Å². The molecule has 0 saturated heterocycles. The number of carbonyl (C=O) groups excluding carboxylic acids is 1. The van der Waals surface area contributed by atoms with Crippen LogP contribution in [0.25, 0.3) is 16.5 Å². The molecule has 2 unspecified atom stereocenters. The van der Waals surface area contributed by atoms with Crippen molar-refractivity contribution in [2.24, 2.45) is 5.92 Å². The molecule has 1 aromatic heterocycles. The van der Waals surface area contributed by atoms with E-state index in [1.54, 1.807) is 0 Å². The molecular formula is C20H24BrN3O2S. The maximum Gasteiger partial charge on any atom is 0.230 e. The number of likely N-dealkylation sites (N-methyl/N-ethyl adjacent to an activating group) is 1. The molecule has 0 spiro atoms. The highest BCUT2D eigenvalue weighted by molar-refractivity contribution is 9.10. The molecule has 1 N–H and O–H groups in total. The highest BCUT2D eigenvalue weighted by atomic mass is 79.9. The summed E-state index contributed by atoms with van der Waals surface area (Å²) in [5.41, 5.74) is 4.64. The van der Waals surface area contributed by atoms with Crippen LogP contribution in [0, 0.1) is 5.92 Å². The molecule has 7 heteroatoms. The first-order valence-electron chi connectivity index (χ1n) is 9.36. The van der Waals surface area contributed by atoms with Gasteiger partial charge in [0, 0.05) is 31.1 Å². The first kappa shape index (κ1) is 19.1. The fourth-order valence-corrected chi connectivity index (χ4v) is 5.74. The normalized spacial score (nSPS) is 21.9. The first-order valence-corrected chi connectivity index (χ1v) is 10.9. The van der Waals surface area contributed by atoms with E-state index in [0.29, 0.717) is 0 Å². The number of carbonyl (C=O) groups is 1. The molecule has 2 atom stereocenters. The SMILES string of the molecule is CCN(CC)C(=O)C1C=C2c3cccc4c3c(c(Br)n4SO)CC2N(C)C1. The summed E-state index contributed by atoms with van der Waals surface area (Å²) in [4.78, 5) is 17.2. The van der Waals surface area contributed by atoms with Gasteiger partial charge in [-0.3, -0.25) is 13.7 Å². The number of nitrogens with zero attached hydrogens (tertiary/aromatic N) is 3. The van der Waals surface area contributed by atoms with Gasteiger partial charge in [0.25, 0.3) is 0 Å². The highest BCUT2D eigenvalue weighted by Crippen LogP contribution is 2.45. The second kappa shape index (κ2) is 7.28. The number of halogens is 1. The number of fused-ring (bicyclic) bond motifs is 2. The predicted molar refractivity (Wildman–Crippen MR) is 115 cm³/mol. The molecule has 2 aromatic rings. The second-order valence-electron chi connectivity index (χ2n) is 7.24. The lowest BCUT2D eigenvalue weighted by molar-refractivity contribution is -0.134. The first-order chi connectivity index (χ1) is 13.0. The Morgan fingerprint density at radius 1 is 1.37 bits per heavy atom. The third-order valence-corrected chi connectivity index (χ3v) is 7.54. The highest BCUT2D eigenvalue weighted by Gasteiger charge is 2.38. The Hall–Kier alpha value is -1.28. The number of rotatable bonds is 4. The van der Waals surface area contributed by atoms with Crippen LogP contribution >= 0.6 is 28.2 Å². The quantitative estimate of drug-likeness (QED) is 0.713. The summed E-state index contributed by atoms with van der Waals surface area (Å²) < 4.78 is 12.5. The zero-order chi connectivity index (χ0) is 19.3. The van der Waals surface area contributed by atoms with Crippen LogP contribution in [-0.2, 0) is 11.2 Å². The van der Waals surface area contributed by atoms with Crippen LogP contribution in [-0.4, -0.2) is 57.0 Å². The van der Waals surface area contributed by atoms with Gasteiger partial charge in [-0.25, -0.2) is 0 Å². The third-order valence-electron chi connectivity index (χ3n) is 5.93. The predicted octanol–water partition coefficient (Wildman–Crippen LogP) is 4.11. The molecule has 0 saturated carbocycles. The fraction of sp³-hybridized carbons (Fsp3) is 0.450. The number of hydrogen-bond donors (Lipinski definition) is 1. The Morgan fingerprint density at radius 3 is 2.78 bits per heavy atom. The van der Waals surface area contributed by atoms with Gasteiger partial charge in [0.2, 0.25) is 5.91 Å². The summed E-state index contributed by atoms with van der Waals surface area (Å²) >= 11 is 4.40. The van der Waals surface area contributed by atoms with Crippen molar-refractivity contribution in [3.63, 3.8) is 0 Å². The van der Waals surface area contributed by atoms with Crippen LogP contribution in [0.3, 0.4) is 0 Å². The van der Waals surface area contributed by atoms with Gasteiger partial charge in [-0.05, 0) is 66.0 Å². The van der Waals surface area contributed by atoms with Gasteiger partial charge >= 0.3 is 0 Å². The summed E-state index contributed by atoms with van der Waals surface area (Å²) in [6.45, 7) is 6.29. The standard InChI is InChI=1S/C20H24BrN3O2S/c1-4-23(5-2)20(25)12-9-14-13-7-6-8-16-18(13)15(19(21)24(16)27-26)10-17(14)22(3)11-12/h6-9,12,17,26H,4-5,10-11H2,1-3H3. The molecule has 5 nitrogen and oxygen atoms in total. The molecule has 1 amide bonds. The van der Waals surface area contributed by atoms with E-state index < -0.39 is 0 Å². The van der Waals surface area contributed by atoms with Crippen LogP contribution in [0.5, 0.6) is 0 Å². The van der Waals surface area contributed by atoms with E-state index in [1.165, 1.54) is 22.1 Å². The molecular weight excluding hydrogens is 426 g/mol. The third kappa shape index (κ3) is 2.87. The molecule has 27 heavy (non-hydrogen) atoms. The van der Waals surface area contributed by atoms with Crippen molar-refractivity contribution in [3.05, 3.63) is 40.0 Å². The van der Waals surface area contributed by atoms with Crippen LogP contribution in [0.2, 0.25) is 0 Å². The van der Waals surface area contributed by atoms with Crippen LogP contribution in [0.1, 0.15) is 25.0 Å². The van der Waals surface area contributed by atoms with Crippen molar-refractivity contribution in [2.45, 2.75) is 26.3 Å². The van der Waals surface area contributed by atoms with Gasteiger partial charge in [-0.2, -0.15) is 0 Å². The fourth-order valence-electron chi connectivity index (χ4n) is 4.57. The van der Waals surface area contributed by atoms with E-state index in [-0.39, 0.29) is 17.9 Å². The van der Waals surface area contributed by atoms with Gasteiger partial charge < -0.3 is 9.45 Å². The molecule has 0 bridgehead atoms. The van der Waals surface area contributed by atoms with E-state index in [0.717, 1.165) is 48.4 Å². The minimum Gasteiger partial charge on any atom is -0.343 e. The Kier molecular flexibility index (Phi) is 5.14. The Balaban J connectivity index is 1.86. The Morgan fingerprint density at radius 2 is 2.11 bits per heavy atom. The van der Waals surface area contributed by atoms with Gasteiger partial charge in [-0.1, -0.05) is 18.2 Å². The zero-order valence-corrected chi connectivity index (χ0v) is 18.2. The molecule has 4 rings (SSSR count). The summed E-state index contributed by atoms with van der Waals surface area (Å²) in [5, 5.41) is 1.18. The van der Waals surface area contributed by atoms with Gasteiger partial charge in [0.1, 0.15) is 16.8 Å². The smallest absolute Gasteiger partial charge is 0.230 e. The van der Waals surface area contributed by atoms with Crippen LogP contribution in [0.4, 0.5) is 0 Å². The topological polar surface area (TPSA) is 48.7 Å². The molecule has 1 aromatic carbocycles. The van der Waals surface area contributed by atoms with Crippen molar-refractivity contribution in [2.75, 3.05) is 26.7 Å². The lowest BCUT2D eigenvalue weighted by Crippen LogP contribution is -2.47. The maximum absolute atomic E-state index is 13.0. The average Bonchev–Trinajstić information content (AvgIpc) is 2.95.